The molecule has 10 aromatic rings. The predicted molar refractivity (Wildman–Crippen MR) is 216 cm³/mol. The maximum atomic E-state index is 2.37. The molecule has 0 saturated heterocycles. The first-order valence-electron chi connectivity index (χ1n) is 17.3. The van der Waals surface area contributed by atoms with Crippen molar-refractivity contribution in [3.8, 4) is 44.5 Å². The molecule has 0 fully saturated rings. The molecule has 50 heavy (non-hydrogen) atoms. The summed E-state index contributed by atoms with van der Waals surface area (Å²) in [6.45, 7) is 0. The van der Waals surface area contributed by atoms with Crippen molar-refractivity contribution in [3.05, 3.63) is 194 Å². The van der Waals surface area contributed by atoms with Crippen molar-refractivity contribution < 1.29 is 0 Å². The van der Waals surface area contributed by atoms with Crippen LogP contribution in [-0.4, -0.2) is 0 Å². The lowest BCUT2D eigenvalue weighted by Gasteiger charge is -2.18. The van der Waals surface area contributed by atoms with Gasteiger partial charge in [0.05, 0.1) is 0 Å². The Kier molecular flexibility index (Phi) is 6.60. The number of rotatable bonds is 4. The van der Waals surface area contributed by atoms with E-state index in [1.165, 1.54) is 98.4 Å². The van der Waals surface area contributed by atoms with Crippen LogP contribution in [0.3, 0.4) is 0 Å². The highest BCUT2D eigenvalue weighted by molar-refractivity contribution is 6.22. The second-order valence-electron chi connectivity index (χ2n) is 13.3. The second kappa shape index (κ2) is 11.6. The molecule has 0 unspecified atom stereocenters. The van der Waals surface area contributed by atoms with Gasteiger partial charge in [0, 0.05) is 0 Å². The maximum Gasteiger partial charge on any atom is -0.00262 e. The molecular weight excluding hydrogens is 601 g/mol. The van der Waals surface area contributed by atoms with Crippen LogP contribution in [0.5, 0.6) is 0 Å². The van der Waals surface area contributed by atoms with Crippen molar-refractivity contribution in [1.29, 1.82) is 0 Å². The van der Waals surface area contributed by atoms with Gasteiger partial charge < -0.3 is 0 Å². The Bertz CT molecular complexity index is 2860. The fourth-order valence-electron chi connectivity index (χ4n) is 8.01. The Morgan fingerprint density at radius 3 is 1.28 bits per heavy atom. The van der Waals surface area contributed by atoms with E-state index in [2.05, 4.69) is 194 Å². The SMILES string of the molecule is c1ccc(-c2ccc3cc(-c4c5ccccc5c(-c5cccc(-c6ccc7c(ccc8ccccc87)c6)c5)c5ccccc45)ccc3c2)cc1. The highest BCUT2D eigenvalue weighted by Crippen LogP contribution is 2.45. The molecule has 0 aliphatic heterocycles. The minimum Gasteiger partial charge on any atom is -0.0622 e. The summed E-state index contributed by atoms with van der Waals surface area (Å²) in [5.74, 6) is 0. The zero-order valence-corrected chi connectivity index (χ0v) is 27.5. The molecule has 0 heterocycles. The Hall–Kier alpha value is -6.50. The molecule has 0 heteroatoms. The Labute approximate surface area is 291 Å². The molecule has 0 atom stereocenters. The first-order chi connectivity index (χ1) is 24.8. The van der Waals surface area contributed by atoms with Gasteiger partial charge in [-0.25, -0.2) is 0 Å². The van der Waals surface area contributed by atoms with Crippen molar-refractivity contribution in [2.24, 2.45) is 0 Å². The van der Waals surface area contributed by atoms with E-state index >= 15 is 0 Å². The third kappa shape index (κ3) is 4.69. The van der Waals surface area contributed by atoms with Gasteiger partial charge in [0.25, 0.3) is 0 Å². The van der Waals surface area contributed by atoms with E-state index in [-0.39, 0.29) is 0 Å². The molecule has 0 amide bonds. The first kappa shape index (κ1) is 28.5. The molecule has 0 aromatic heterocycles. The lowest BCUT2D eigenvalue weighted by Crippen LogP contribution is -1.91. The molecule has 232 valence electrons. The zero-order chi connectivity index (χ0) is 33.0. The second-order valence-corrected chi connectivity index (χ2v) is 13.3. The molecule has 0 saturated carbocycles. The molecule has 10 rings (SSSR count). The Morgan fingerprint density at radius 1 is 0.180 bits per heavy atom. The first-order valence-corrected chi connectivity index (χ1v) is 17.3. The molecule has 0 spiro atoms. The van der Waals surface area contributed by atoms with Crippen LogP contribution in [0.15, 0.2) is 194 Å². The Morgan fingerprint density at radius 2 is 0.580 bits per heavy atom. The van der Waals surface area contributed by atoms with Gasteiger partial charge in [-0.2, -0.15) is 0 Å². The van der Waals surface area contributed by atoms with Crippen LogP contribution in [0.25, 0.3) is 98.4 Å². The van der Waals surface area contributed by atoms with Crippen LogP contribution >= 0.6 is 0 Å². The number of hydrogen-bond donors (Lipinski definition) is 0. The van der Waals surface area contributed by atoms with E-state index in [4.69, 9.17) is 0 Å². The average molecular weight is 633 g/mol. The van der Waals surface area contributed by atoms with Crippen molar-refractivity contribution in [2.45, 2.75) is 0 Å². The zero-order valence-electron chi connectivity index (χ0n) is 27.5. The van der Waals surface area contributed by atoms with Crippen LogP contribution < -0.4 is 0 Å². The topological polar surface area (TPSA) is 0 Å². The lowest BCUT2D eigenvalue weighted by molar-refractivity contribution is 1.63. The molecule has 0 aliphatic carbocycles. The maximum absolute atomic E-state index is 2.37. The van der Waals surface area contributed by atoms with Crippen molar-refractivity contribution in [2.75, 3.05) is 0 Å². The fourth-order valence-corrected chi connectivity index (χ4v) is 8.01. The summed E-state index contributed by atoms with van der Waals surface area (Å²) >= 11 is 0. The average Bonchev–Trinajstić information content (AvgIpc) is 3.19. The van der Waals surface area contributed by atoms with E-state index in [1.807, 2.05) is 0 Å². The van der Waals surface area contributed by atoms with Gasteiger partial charge in [-0.05, 0) is 123 Å². The van der Waals surface area contributed by atoms with Crippen LogP contribution in [0.2, 0.25) is 0 Å². The van der Waals surface area contributed by atoms with Crippen molar-refractivity contribution in [1.82, 2.24) is 0 Å². The van der Waals surface area contributed by atoms with E-state index < -0.39 is 0 Å². The predicted octanol–water partition coefficient (Wildman–Crippen LogP) is 14.1. The molecule has 0 nitrogen and oxygen atoms in total. The van der Waals surface area contributed by atoms with Gasteiger partial charge in [-0.3, -0.25) is 0 Å². The summed E-state index contributed by atoms with van der Waals surface area (Å²) in [5, 5.41) is 12.7. The lowest BCUT2D eigenvalue weighted by atomic mass is 9.85. The summed E-state index contributed by atoms with van der Waals surface area (Å²) in [5.41, 5.74) is 9.96. The quantitative estimate of drug-likeness (QED) is 0.134. The van der Waals surface area contributed by atoms with Gasteiger partial charge in [0.15, 0.2) is 0 Å². The smallest absolute Gasteiger partial charge is 0.00262 e. The van der Waals surface area contributed by atoms with Gasteiger partial charge in [-0.1, -0.05) is 170 Å². The number of fused-ring (bicyclic) bond motifs is 6. The third-order valence-electron chi connectivity index (χ3n) is 10.4. The van der Waals surface area contributed by atoms with Crippen LogP contribution in [0, 0.1) is 0 Å². The summed E-state index contributed by atoms with van der Waals surface area (Å²) in [4.78, 5) is 0. The molecule has 10 aromatic carbocycles. The third-order valence-corrected chi connectivity index (χ3v) is 10.4. The minimum absolute atomic E-state index is 1.22. The standard InChI is InChI=1S/C50H32/c1-2-11-33(12-3-1)36-22-23-38-32-42(26-24-37(38)29-36)50-47-19-8-6-17-45(47)49(46-18-7-9-20-48(46)50)41-15-10-14-35(31-41)39-27-28-44-40(30-39)25-21-34-13-4-5-16-43(34)44/h1-32H. The van der Waals surface area contributed by atoms with E-state index in [0.717, 1.165) is 0 Å². The molecule has 0 aliphatic rings. The molecule has 0 radical (unpaired) electrons. The molecular formula is C50H32. The summed E-state index contributed by atoms with van der Waals surface area (Å²) in [7, 11) is 0. The van der Waals surface area contributed by atoms with Crippen molar-refractivity contribution in [3.63, 3.8) is 0 Å². The fraction of sp³-hybridized carbons (Fsp3) is 0. The summed E-state index contributed by atoms with van der Waals surface area (Å²) in [6.07, 6.45) is 0. The van der Waals surface area contributed by atoms with E-state index in [1.54, 1.807) is 0 Å². The van der Waals surface area contributed by atoms with Gasteiger partial charge in [-0.15, -0.1) is 0 Å². The van der Waals surface area contributed by atoms with E-state index in [9.17, 15) is 0 Å². The van der Waals surface area contributed by atoms with Crippen LogP contribution in [0.1, 0.15) is 0 Å². The van der Waals surface area contributed by atoms with Gasteiger partial charge >= 0.3 is 0 Å². The van der Waals surface area contributed by atoms with Crippen molar-refractivity contribution >= 4 is 53.9 Å². The largest absolute Gasteiger partial charge is 0.0622 e. The van der Waals surface area contributed by atoms with E-state index in [0.29, 0.717) is 0 Å². The van der Waals surface area contributed by atoms with Gasteiger partial charge in [0.2, 0.25) is 0 Å². The molecule has 0 bridgehead atoms. The highest BCUT2D eigenvalue weighted by atomic mass is 14.2. The monoisotopic (exact) mass is 632 g/mol. The number of benzene rings is 10. The van der Waals surface area contributed by atoms with Gasteiger partial charge in [0.1, 0.15) is 0 Å². The van der Waals surface area contributed by atoms with Crippen LogP contribution in [0.4, 0.5) is 0 Å². The Balaban J connectivity index is 1.13. The molecule has 0 N–H and O–H groups in total. The van der Waals surface area contributed by atoms with Crippen LogP contribution in [-0.2, 0) is 0 Å². The highest BCUT2D eigenvalue weighted by Gasteiger charge is 2.17. The normalized spacial score (nSPS) is 11.6. The summed E-state index contributed by atoms with van der Waals surface area (Å²) < 4.78 is 0. The minimum atomic E-state index is 1.22. The summed E-state index contributed by atoms with van der Waals surface area (Å²) in [6, 6.07) is 71.3. The number of hydrogen-bond acceptors (Lipinski definition) is 0.